The number of carbonyl (C=O) groups excluding carboxylic acids is 1. The number of carbonyl (C=O) groups is 1. The van der Waals surface area contributed by atoms with E-state index in [0.29, 0.717) is 13.1 Å². The highest BCUT2D eigenvalue weighted by Crippen LogP contribution is 2.28. The van der Waals surface area contributed by atoms with Gasteiger partial charge in [0.05, 0.1) is 0 Å². The lowest BCUT2D eigenvalue weighted by molar-refractivity contribution is -0.123. The van der Waals surface area contributed by atoms with E-state index in [1.807, 2.05) is 38.2 Å². The van der Waals surface area contributed by atoms with Crippen molar-refractivity contribution in [2.75, 3.05) is 20.2 Å². The van der Waals surface area contributed by atoms with Crippen LogP contribution >= 0.6 is 0 Å². The largest absolute Gasteiger partial charge is 0.483 e. The Labute approximate surface area is 125 Å². The van der Waals surface area contributed by atoms with E-state index in [2.05, 4.69) is 22.8 Å². The molecule has 0 bridgehead atoms. The van der Waals surface area contributed by atoms with Gasteiger partial charge in [-0.2, -0.15) is 0 Å². The normalized spacial score (nSPS) is 10.6. The zero-order valence-corrected chi connectivity index (χ0v) is 12.6. The Balaban J connectivity index is 2.18. The molecule has 0 spiro atoms. The van der Waals surface area contributed by atoms with Crippen LogP contribution in [0.1, 0.15) is 18.9 Å². The molecule has 2 rings (SSSR count). The number of amides is 1. The lowest BCUT2D eigenvalue weighted by Crippen LogP contribution is -2.29. The fraction of sp³-hybridized carbons (Fsp3) is 0.353. The fourth-order valence-corrected chi connectivity index (χ4v) is 2.27. The predicted molar refractivity (Wildman–Crippen MR) is 85.5 cm³/mol. The minimum Gasteiger partial charge on any atom is -0.483 e. The molecule has 0 radical (unpaired) electrons. The van der Waals surface area contributed by atoms with Crippen LogP contribution in [0.5, 0.6) is 5.75 Å². The second kappa shape index (κ2) is 7.64. The van der Waals surface area contributed by atoms with Crippen molar-refractivity contribution >= 4 is 16.7 Å². The molecule has 0 saturated carbocycles. The van der Waals surface area contributed by atoms with Crippen LogP contribution in [0.15, 0.2) is 36.4 Å². The summed E-state index contributed by atoms with van der Waals surface area (Å²) in [6.45, 7) is 3.46. The van der Waals surface area contributed by atoms with E-state index in [4.69, 9.17) is 4.74 Å². The lowest BCUT2D eigenvalue weighted by atomic mass is 10.0. The highest BCUT2D eigenvalue weighted by molar-refractivity contribution is 5.88. The van der Waals surface area contributed by atoms with Gasteiger partial charge in [0.15, 0.2) is 6.61 Å². The molecule has 2 aromatic rings. The van der Waals surface area contributed by atoms with Crippen LogP contribution in [0, 0.1) is 0 Å². The molecule has 0 unspecified atom stereocenters. The van der Waals surface area contributed by atoms with Gasteiger partial charge in [0, 0.05) is 18.7 Å². The summed E-state index contributed by atoms with van der Waals surface area (Å²) < 4.78 is 5.70. The van der Waals surface area contributed by atoms with E-state index < -0.39 is 0 Å². The quantitative estimate of drug-likeness (QED) is 0.822. The molecule has 0 fully saturated rings. The standard InChI is InChI=1S/C17H22N2O2/c1-3-10-19-17(20)12-21-16-9-8-13-6-4-5-7-14(13)15(16)11-18-2/h4-9,18H,3,10-12H2,1-2H3,(H,19,20). The number of fused-ring (bicyclic) bond motifs is 1. The number of ether oxygens (including phenoxy) is 1. The van der Waals surface area contributed by atoms with Gasteiger partial charge in [-0.15, -0.1) is 0 Å². The third-order valence-electron chi connectivity index (χ3n) is 3.28. The van der Waals surface area contributed by atoms with Crippen LogP contribution in [0.25, 0.3) is 10.8 Å². The average molecular weight is 286 g/mol. The number of hydrogen-bond donors (Lipinski definition) is 2. The summed E-state index contributed by atoms with van der Waals surface area (Å²) in [5.41, 5.74) is 1.08. The maximum atomic E-state index is 11.7. The summed E-state index contributed by atoms with van der Waals surface area (Å²) in [7, 11) is 1.90. The summed E-state index contributed by atoms with van der Waals surface area (Å²) in [4.78, 5) is 11.7. The molecular weight excluding hydrogens is 264 g/mol. The summed E-state index contributed by atoms with van der Waals surface area (Å²) in [6.07, 6.45) is 0.923. The Morgan fingerprint density at radius 1 is 1.19 bits per heavy atom. The smallest absolute Gasteiger partial charge is 0.257 e. The predicted octanol–water partition coefficient (Wildman–Crippen LogP) is 2.46. The van der Waals surface area contributed by atoms with Gasteiger partial charge >= 0.3 is 0 Å². The monoisotopic (exact) mass is 286 g/mol. The molecule has 0 aromatic heterocycles. The van der Waals surface area contributed by atoms with Crippen molar-refractivity contribution in [2.24, 2.45) is 0 Å². The van der Waals surface area contributed by atoms with Crippen molar-refractivity contribution in [2.45, 2.75) is 19.9 Å². The van der Waals surface area contributed by atoms with Crippen LogP contribution in [-0.4, -0.2) is 26.1 Å². The van der Waals surface area contributed by atoms with Crippen molar-refractivity contribution in [3.8, 4) is 5.75 Å². The first-order valence-corrected chi connectivity index (χ1v) is 7.31. The molecule has 4 heteroatoms. The van der Waals surface area contributed by atoms with E-state index in [1.54, 1.807) is 0 Å². The molecule has 4 nitrogen and oxygen atoms in total. The zero-order chi connectivity index (χ0) is 15.1. The van der Waals surface area contributed by atoms with Crippen LogP contribution < -0.4 is 15.4 Å². The van der Waals surface area contributed by atoms with Gasteiger partial charge in [0.25, 0.3) is 5.91 Å². The van der Waals surface area contributed by atoms with Crippen molar-refractivity contribution in [3.63, 3.8) is 0 Å². The molecule has 0 heterocycles. The average Bonchev–Trinajstić information content (AvgIpc) is 2.52. The topological polar surface area (TPSA) is 50.4 Å². The Morgan fingerprint density at radius 2 is 2.00 bits per heavy atom. The minimum atomic E-state index is -0.0829. The molecular formula is C17H22N2O2. The Morgan fingerprint density at radius 3 is 2.76 bits per heavy atom. The summed E-state index contributed by atoms with van der Waals surface area (Å²) >= 11 is 0. The van der Waals surface area contributed by atoms with Gasteiger partial charge < -0.3 is 15.4 Å². The Bertz CT molecular complexity index is 611. The first-order valence-electron chi connectivity index (χ1n) is 7.31. The van der Waals surface area contributed by atoms with Crippen LogP contribution in [0.4, 0.5) is 0 Å². The molecule has 0 aliphatic heterocycles. The maximum Gasteiger partial charge on any atom is 0.257 e. The van der Waals surface area contributed by atoms with Crippen molar-refractivity contribution < 1.29 is 9.53 Å². The molecule has 21 heavy (non-hydrogen) atoms. The number of nitrogens with one attached hydrogen (secondary N) is 2. The number of benzene rings is 2. The molecule has 1 amide bonds. The van der Waals surface area contributed by atoms with Gasteiger partial charge in [0.2, 0.25) is 0 Å². The fourth-order valence-electron chi connectivity index (χ4n) is 2.27. The highest BCUT2D eigenvalue weighted by Gasteiger charge is 2.09. The first kappa shape index (κ1) is 15.3. The SMILES string of the molecule is CCCNC(=O)COc1ccc2ccccc2c1CNC. The third-order valence-corrected chi connectivity index (χ3v) is 3.28. The molecule has 0 atom stereocenters. The third kappa shape index (κ3) is 3.95. The molecule has 0 aliphatic carbocycles. The molecule has 0 aliphatic rings. The van der Waals surface area contributed by atoms with Gasteiger partial charge in [-0.1, -0.05) is 37.3 Å². The molecule has 112 valence electrons. The first-order chi connectivity index (χ1) is 10.3. The van der Waals surface area contributed by atoms with Gasteiger partial charge in [-0.05, 0) is 30.3 Å². The van der Waals surface area contributed by atoms with E-state index in [1.165, 1.54) is 5.39 Å². The van der Waals surface area contributed by atoms with E-state index >= 15 is 0 Å². The molecule has 0 saturated heterocycles. The van der Waals surface area contributed by atoms with Crippen molar-refractivity contribution in [1.29, 1.82) is 0 Å². The zero-order valence-electron chi connectivity index (χ0n) is 12.6. The molecule has 2 aromatic carbocycles. The van der Waals surface area contributed by atoms with Gasteiger partial charge in [-0.3, -0.25) is 4.79 Å². The van der Waals surface area contributed by atoms with Crippen LogP contribution in [0.2, 0.25) is 0 Å². The van der Waals surface area contributed by atoms with Crippen LogP contribution in [0.3, 0.4) is 0 Å². The highest BCUT2D eigenvalue weighted by atomic mass is 16.5. The van der Waals surface area contributed by atoms with E-state index in [9.17, 15) is 4.79 Å². The van der Waals surface area contributed by atoms with Gasteiger partial charge in [-0.25, -0.2) is 0 Å². The Kier molecular flexibility index (Phi) is 5.58. The Hall–Kier alpha value is -2.07. The van der Waals surface area contributed by atoms with E-state index in [-0.39, 0.29) is 12.5 Å². The summed E-state index contributed by atoms with van der Waals surface area (Å²) in [5.74, 6) is 0.676. The number of rotatable bonds is 7. The lowest BCUT2D eigenvalue weighted by Gasteiger charge is -2.14. The second-order valence-corrected chi connectivity index (χ2v) is 4.93. The van der Waals surface area contributed by atoms with Crippen LogP contribution in [-0.2, 0) is 11.3 Å². The van der Waals surface area contributed by atoms with E-state index in [0.717, 1.165) is 23.1 Å². The second-order valence-electron chi connectivity index (χ2n) is 4.93. The minimum absolute atomic E-state index is 0.0506. The van der Waals surface area contributed by atoms with Crippen molar-refractivity contribution in [3.05, 3.63) is 42.0 Å². The molecule has 2 N–H and O–H groups in total. The van der Waals surface area contributed by atoms with Crippen molar-refractivity contribution in [1.82, 2.24) is 10.6 Å². The summed E-state index contributed by atoms with van der Waals surface area (Å²) in [5, 5.41) is 8.29. The van der Waals surface area contributed by atoms with Gasteiger partial charge in [0.1, 0.15) is 5.75 Å². The number of hydrogen-bond acceptors (Lipinski definition) is 3. The maximum absolute atomic E-state index is 11.7. The summed E-state index contributed by atoms with van der Waals surface area (Å²) in [6, 6.07) is 12.1.